The molecule has 5 heteroatoms. The van der Waals surface area contributed by atoms with Crippen LogP contribution in [0.2, 0.25) is 0 Å². The highest BCUT2D eigenvalue weighted by Gasteiger charge is 2.18. The fourth-order valence-corrected chi connectivity index (χ4v) is 2.74. The SMILES string of the molecule is CCOC(=O)c1sc(-c2ccoc2CC)cc1N. The van der Waals surface area contributed by atoms with Crippen LogP contribution in [-0.2, 0) is 11.2 Å². The Morgan fingerprint density at radius 1 is 1.50 bits per heavy atom. The van der Waals surface area contributed by atoms with Crippen LogP contribution in [0.4, 0.5) is 5.69 Å². The average Bonchev–Trinajstić information content (AvgIpc) is 2.94. The molecule has 0 fully saturated rings. The highest BCUT2D eigenvalue weighted by molar-refractivity contribution is 7.18. The molecule has 0 aliphatic heterocycles. The second kappa shape index (κ2) is 5.27. The average molecular weight is 265 g/mol. The number of carbonyl (C=O) groups excluding carboxylic acids is 1. The van der Waals surface area contributed by atoms with Gasteiger partial charge in [0.25, 0.3) is 0 Å². The highest BCUT2D eigenvalue weighted by Crippen LogP contribution is 2.36. The molecule has 0 aliphatic carbocycles. The number of thiophene rings is 1. The standard InChI is InChI=1S/C13H15NO3S/c1-3-10-8(5-6-17-10)11-7-9(14)12(18-11)13(15)16-4-2/h5-7H,3-4,14H2,1-2H3. The minimum atomic E-state index is -0.368. The Labute approximate surface area is 109 Å². The Hall–Kier alpha value is -1.75. The van der Waals surface area contributed by atoms with Crippen molar-refractivity contribution in [1.82, 2.24) is 0 Å². The first-order valence-electron chi connectivity index (χ1n) is 5.80. The fourth-order valence-electron chi connectivity index (χ4n) is 1.73. The number of nitrogen functional groups attached to an aromatic ring is 1. The number of anilines is 1. The smallest absolute Gasteiger partial charge is 0.350 e. The normalized spacial score (nSPS) is 10.6. The van der Waals surface area contributed by atoms with Crippen molar-refractivity contribution in [2.24, 2.45) is 0 Å². The minimum absolute atomic E-state index is 0.345. The predicted molar refractivity (Wildman–Crippen MR) is 71.8 cm³/mol. The first-order chi connectivity index (χ1) is 8.67. The summed E-state index contributed by atoms with van der Waals surface area (Å²) in [5, 5.41) is 0. The monoisotopic (exact) mass is 265 g/mol. The Morgan fingerprint density at radius 3 is 2.94 bits per heavy atom. The maximum Gasteiger partial charge on any atom is 0.350 e. The second-order valence-electron chi connectivity index (χ2n) is 3.73. The molecule has 0 aromatic carbocycles. The summed E-state index contributed by atoms with van der Waals surface area (Å²) in [7, 11) is 0. The van der Waals surface area contributed by atoms with Crippen molar-refractivity contribution in [3.63, 3.8) is 0 Å². The summed E-state index contributed by atoms with van der Waals surface area (Å²) < 4.78 is 10.3. The molecule has 4 nitrogen and oxygen atoms in total. The van der Waals surface area contributed by atoms with Crippen LogP contribution in [0.3, 0.4) is 0 Å². The van der Waals surface area contributed by atoms with Crippen LogP contribution in [0.5, 0.6) is 0 Å². The molecule has 0 saturated carbocycles. The molecular formula is C13H15NO3S. The lowest BCUT2D eigenvalue weighted by atomic mass is 10.2. The molecule has 0 unspecified atom stereocenters. The third-order valence-electron chi connectivity index (χ3n) is 2.55. The number of furan rings is 1. The van der Waals surface area contributed by atoms with Crippen LogP contribution in [0.25, 0.3) is 10.4 Å². The van der Waals surface area contributed by atoms with Crippen molar-refractivity contribution in [2.75, 3.05) is 12.3 Å². The number of hydrogen-bond acceptors (Lipinski definition) is 5. The van der Waals surface area contributed by atoms with Crippen LogP contribution in [0.15, 0.2) is 22.8 Å². The van der Waals surface area contributed by atoms with Crippen LogP contribution in [0.1, 0.15) is 29.3 Å². The van der Waals surface area contributed by atoms with Gasteiger partial charge < -0.3 is 14.9 Å². The third kappa shape index (κ3) is 2.26. The predicted octanol–water partition coefficient (Wildman–Crippen LogP) is 3.33. The highest BCUT2D eigenvalue weighted by atomic mass is 32.1. The van der Waals surface area contributed by atoms with Crippen LogP contribution >= 0.6 is 11.3 Å². The molecule has 0 saturated heterocycles. The van der Waals surface area contributed by atoms with Gasteiger partial charge in [0, 0.05) is 16.9 Å². The van der Waals surface area contributed by atoms with Crippen LogP contribution in [0, 0.1) is 0 Å². The molecule has 2 heterocycles. The van der Waals surface area contributed by atoms with E-state index in [4.69, 9.17) is 14.9 Å². The topological polar surface area (TPSA) is 65.5 Å². The van der Waals surface area contributed by atoms with Crippen molar-refractivity contribution < 1.29 is 13.9 Å². The summed E-state index contributed by atoms with van der Waals surface area (Å²) in [5.41, 5.74) is 7.29. The van der Waals surface area contributed by atoms with Gasteiger partial charge in [-0.1, -0.05) is 6.92 Å². The van der Waals surface area contributed by atoms with Gasteiger partial charge in [0.1, 0.15) is 10.6 Å². The van der Waals surface area contributed by atoms with E-state index < -0.39 is 0 Å². The summed E-state index contributed by atoms with van der Waals surface area (Å²) in [5.74, 6) is 0.527. The number of nitrogens with two attached hydrogens (primary N) is 1. The molecule has 2 rings (SSSR count). The van der Waals surface area contributed by atoms with E-state index in [0.29, 0.717) is 17.2 Å². The first-order valence-corrected chi connectivity index (χ1v) is 6.62. The number of hydrogen-bond donors (Lipinski definition) is 1. The lowest BCUT2D eigenvalue weighted by Gasteiger charge is -1.98. The van der Waals surface area contributed by atoms with E-state index in [9.17, 15) is 4.79 Å². The van der Waals surface area contributed by atoms with Crippen LogP contribution in [-0.4, -0.2) is 12.6 Å². The molecule has 0 amide bonds. The quantitative estimate of drug-likeness (QED) is 0.861. The van der Waals surface area contributed by atoms with Gasteiger partial charge in [-0.25, -0.2) is 4.79 Å². The Bertz CT molecular complexity index is 556. The third-order valence-corrected chi connectivity index (χ3v) is 3.72. The maximum atomic E-state index is 11.7. The Kier molecular flexibility index (Phi) is 3.72. The zero-order chi connectivity index (χ0) is 13.1. The summed E-state index contributed by atoms with van der Waals surface area (Å²) in [4.78, 5) is 13.1. The van der Waals surface area contributed by atoms with Gasteiger partial charge in [0.15, 0.2) is 0 Å². The van der Waals surface area contributed by atoms with E-state index >= 15 is 0 Å². The van der Waals surface area contributed by atoms with Gasteiger partial charge in [0.05, 0.1) is 18.6 Å². The van der Waals surface area contributed by atoms with Gasteiger partial charge in [-0.15, -0.1) is 11.3 Å². The number of aryl methyl sites for hydroxylation is 1. The van der Waals surface area contributed by atoms with Gasteiger partial charge in [-0.05, 0) is 19.1 Å². The van der Waals surface area contributed by atoms with Crippen molar-refractivity contribution in [1.29, 1.82) is 0 Å². The molecule has 96 valence electrons. The molecule has 18 heavy (non-hydrogen) atoms. The number of esters is 1. The first kappa shape index (κ1) is 12.7. The molecule has 0 atom stereocenters. The van der Waals surface area contributed by atoms with Crippen molar-refractivity contribution in [3.05, 3.63) is 29.0 Å². The molecule has 0 spiro atoms. The molecule has 2 N–H and O–H groups in total. The van der Waals surface area contributed by atoms with E-state index in [1.165, 1.54) is 11.3 Å². The molecule has 2 aromatic rings. The molecule has 0 aliphatic rings. The van der Waals surface area contributed by atoms with E-state index in [0.717, 1.165) is 22.6 Å². The van der Waals surface area contributed by atoms with Crippen molar-refractivity contribution >= 4 is 23.0 Å². The zero-order valence-corrected chi connectivity index (χ0v) is 11.2. The van der Waals surface area contributed by atoms with E-state index in [-0.39, 0.29) is 5.97 Å². The summed E-state index contributed by atoms with van der Waals surface area (Å²) in [6.45, 7) is 4.14. The fraction of sp³-hybridized carbons (Fsp3) is 0.308. The number of carbonyl (C=O) groups is 1. The summed E-state index contributed by atoms with van der Waals surface area (Å²) in [6.07, 6.45) is 2.45. The van der Waals surface area contributed by atoms with Crippen LogP contribution < -0.4 is 5.73 Å². The summed E-state index contributed by atoms with van der Waals surface area (Å²) in [6, 6.07) is 3.68. The van der Waals surface area contributed by atoms with Crippen molar-refractivity contribution in [3.8, 4) is 10.4 Å². The molecule has 2 aromatic heterocycles. The lowest BCUT2D eigenvalue weighted by Crippen LogP contribution is -2.04. The molecular weight excluding hydrogens is 250 g/mol. The zero-order valence-electron chi connectivity index (χ0n) is 10.4. The van der Waals surface area contributed by atoms with Gasteiger partial charge in [-0.3, -0.25) is 0 Å². The number of ether oxygens (including phenoxy) is 1. The second-order valence-corrected chi connectivity index (χ2v) is 4.78. The van der Waals surface area contributed by atoms with E-state index in [1.54, 1.807) is 19.3 Å². The maximum absolute atomic E-state index is 11.7. The molecule has 0 radical (unpaired) electrons. The van der Waals surface area contributed by atoms with Gasteiger partial charge in [-0.2, -0.15) is 0 Å². The van der Waals surface area contributed by atoms with E-state index in [2.05, 4.69) is 0 Å². The van der Waals surface area contributed by atoms with Crippen molar-refractivity contribution in [2.45, 2.75) is 20.3 Å². The van der Waals surface area contributed by atoms with Gasteiger partial charge in [0.2, 0.25) is 0 Å². The lowest BCUT2D eigenvalue weighted by molar-refractivity contribution is 0.0533. The number of rotatable bonds is 4. The Morgan fingerprint density at radius 2 is 2.28 bits per heavy atom. The Balaban J connectivity index is 2.37. The minimum Gasteiger partial charge on any atom is -0.469 e. The van der Waals surface area contributed by atoms with E-state index in [1.807, 2.05) is 13.0 Å². The van der Waals surface area contributed by atoms with Gasteiger partial charge >= 0.3 is 5.97 Å². The largest absolute Gasteiger partial charge is 0.469 e. The molecule has 0 bridgehead atoms. The summed E-state index contributed by atoms with van der Waals surface area (Å²) >= 11 is 1.34.